The Bertz CT molecular complexity index is 282. The van der Waals surface area contributed by atoms with Crippen molar-refractivity contribution in [1.82, 2.24) is 5.32 Å². The summed E-state index contributed by atoms with van der Waals surface area (Å²) in [5.74, 6) is 3.25. The monoisotopic (exact) mass is 249 g/mol. The van der Waals surface area contributed by atoms with Crippen LogP contribution in [0.2, 0.25) is 0 Å². The van der Waals surface area contributed by atoms with Crippen molar-refractivity contribution < 1.29 is 0 Å². The van der Waals surface area contributed by atoms with Crippen LogP contribution in [-0.4, -0.2) is 13.1 Å². The molecule has 0 aromatic carbocycles. The lowest BCUT2D eigenvalue weighted by molar-refractivity contribution is -0.124. The van der Waals surface area contributed by atoms with E-state index in [0.717, 1.165) is 17.8 Å². The van der Waals surface area contributed by atoms with Crippen LogP contribution in [-0.2, 0) is 0 Å². The zero-order valence-electron chi connectivity index (χ0n) is 12.8. The number of nitrogens with one attached hydrogen (secondary N) is 1. The van der Waals surface area contributed by atoms with Gasteiger partial charge >= 0.3 is 0 Å². The summed E-state index contributed by atoms with van der Waals surface area (Å²) in [5, 5.41) is 3.45. The summed E-state index contributed by atoms with van der Waals surface area (Å²) in [5.41, 5.74) is 1.21. The molecule has 4 saturated carbocycles. The van der Waals surface area contributed by atoms with Crippen molar-refractivity contribution >= 4 is 0 Å². The van der Waals surface area contributed by atoms with Gasteiger partial charge in [0.1, 0.15) is 0 Å². The quantitative estimate of drug-likeness (QED) is 0.786. The Balaban J connectivity index is 1.81. The van der Waals surface area contributed by atoms with E-state index in [0.29, 0.717) is 16.9 Å². The van der Waals surface area contributed by atoms with Crippen LogP contribution in [0.5, 0.6) is 0 Å². The maximum Gasteiger partial charge on any atom is 0.00410 e. The molecular formula is C17H31N. The first-order valence-corrected chi connectivity index (χ1v) is 8.11. The summed E-state index contributed by atoms with van der Waals surface area (Å²) in [6.07, 6.45) is 10.7. The van der Waals surface area contributed by atoms with Crippen molar-refractivity contribution in [3.05, 3.63) is 0 Å². The minimum atomic E-state index is 0.519. The maximum atomic E-state index is 3.45. The highest BCUT2D eigenvalue weighted by atomic mass is 14.9. The topological polar surface area (TPSA) is 12.0 Å². The Hall–Kier alpha value is -0.0400. The molecule has 1 heteroatoms. The zero-order valence-corrected chi connectivity index (χ0v) is 12.8. The highest BCUT2D eigenvalue weighted by Gasteiger charge is 2.56. The largest absolute Gasteiger partial charge is 0.317 e. The summed E-state index contributed by atoms with van der Waals surface area (Å²) in [7, 11) is 2.11. The first-order valence-electron chi connectivity index (χ1n) is 8.11. The summed E-state index contributed by atoms with van der Waals surface area (Å²) >= 11 is 0. The Morgan fingerprint density at radius 2 is 1.50 bits per heavy atom. The van der Waals surface area contributed by atoms with Gasteiger partial charge in [-0.3, -0.25) is 0 Å². The van der Waals surface area contributed by atoms with Gasteiger partial charge in [0.05, 0.1) is 0 Å². The summed E-state index contributed by atoms with van der Waals surface area (Å²) in [6.45, 7) is 7.48. The second kappa shape index (κ2) is 4.23. The molecule has 0 heterocycles. The van der Waals surface area contributed by atoms with Crippen molar-refractivity contribution in [1.29, 1.82) is 0 Å². The van der Waals surface area contributed by atoms with E-state index in [1.165, 1.54) is 6.42 Å². The van der Waals surface area contributed by atoms with E-state index < -0.39 is 0 Å². The number of hydrogen-bond donors (Lipinski definition) is 1. The molecule has 4 bridgehead atoms. The van der Waals surface area contributed by atoms with Gasteiger partial charge in [-0.15, -0.1) is 0 Å². The lowest BCUT2D eigenvalue weighted by Gasteiger charge is -2.63. The SMILES string of the molecule is CNC(C)CC(C)(C)C12CC3CC(CC(C3)C1)C2. The molecule has 0 saturated heterocycles. The first kappa shape index (κ1) is 13.0. The molecule has 1 atom stereocenters. The molecule has 0 aromatic heterocycles. The average molecular weight is 249 g/mol. The lowest BCUT2D eigenvalue weighted by atomic mass is 9.42. The molecule has 0 aromatic rings. The molecule has 4 aliphatic carbocycles. The number of hydrogen-bond acceptors (Lipinski definition) is 1. The van der Waals surface area contributed by atoms with E-state index in [4.69, 9.17) is 0 Å². The smallest absolute Gasteiger partial charge is 0.00410 e. The molecule has 0 spiro atoms. The van der Waals surface area contributed by atoms with Crippen LogP contribution >= 0.6 is 0 Å². The predicted molar refractivity (Wildman–Crippen MR) is 77.5 cm³/mol. The van der Waals surface area contributed by atoms with E-state index in [1.807, 2.05) is 0 Å². The Kier molecular flexibility index (Phi) is 3.05. The summed E-state index contributed by atoms with van der Waals surface area (Å²) in [6, 6.07) is 0.660. The Morgan fingerprint density at radius 1 is 1.06 bits per heavy atom. The molecular weight excluding hydrogens is 218 g/mol. The molecule has 0 radical (unpaired) electrons. The fourth-order valence-corrected chi connectivity index (χ4v) is 6.02. The number of rotatable bonds is 4. The highest BCUT2D eigenvalue weighted by Crippen LogP contribution is 2.66. The average Bonchev–Trinajstić information content (AvgIpc) is 2.26. The molecule has 104 valence electrons. The van der Waals surface area contributed by atoms with E-state index in [2.05, 4.69) is 33.1 Å². The molecule has 0 aliphatic heterocycles. The molecule has 4 aliphatic rings. The third kappa shape index (κ3) is 1.94. The summed E-state index contributed by atoms with van der Waals surface area (Å²) in [4.78, 5) is 0. The second-order valence-electron chi connectivity index (χ2n) is 8.48. The van der Waals surface area contributed by atoms with Gasteiger partial charge in [-0.05, 0) is 87.5 Å². The van der Waals surface area contributed by atoms with Crippen LogP contribution in [0.1, 0.15) is 65.7 Å². The fraction of sp³-hybridized carbons (Fsp3) is 1.00. The van der Waals surface area contributed by atoms with Gasteiger partial charge < -0.3 is 5.32 Å². The van der Waals surface area contributed by atoms with E-state index in [9.17, 15) is 0 Å². The van der Waals surface area contributed by atoms with Crippen molar-refractivity contribution in [2.75, 3.05) is 7.05 Å². The van der Waals surface area contributed by atoms with Crippen LogP contribution < -0.4 is 5.32 Å². The van der Waals surface area contributed by atoms with E-state index in [-0.39, 0.29) is 0 Å². The first-order chi connectivity index (χ1) is 8.44. The Labute approximate surface area is 113 Å². The third-order valence-electron chi connectivity index (χ3n) is 6.78. The van der Waals surface area contributed by atoms with Crippen LogP contribution in [0.15, 0.2) is 0 Å². The fourth-order valence-electron chi connectivity index (χ4n) is 6.02. The summed E-state index contributed by atoms with van der Waals surface area (Å²) < 4.78 is 0. The Morgan fingerprint density at radius 3 is 1.89 bits per heavy atom. The van der Waals surface area contributed by atoms with Crippen molar-refractivity contribution in [2.45, 2.75) is 71.8 Å². The maximum absolute atomic E-state index is 3.45. The second-order valence-corrected chi connectivity index (χ2v) is 8.48. The molecule has 18 heavy (non-hydrogen) atoms. The molecule has 4 rings (SSSR count). The van der Waals surface area contributed by atoms with Gasteiger partial charge in [0.15, 0.2) is 0 Å². The van der Waals surface area contributed by atoms with E-state index in [1.54, 1.807) is 38.5 Å². The van der Waals surface area contributed by atoms with Gasteiger partial charge in [-0.2, -0.15) is 0 Å². The normalized spacial score (nSPS) is 44.3. The van der Waals surface area contributed by atoms with Crippen LogP contribution in [0, 0.1) is 28.6 Å². The van der Waals surface area contributed by atoms with E-state index >= 15 is 0 Å². The molecule has 1 nitrogen and oxygen atoms in total. The van der Waals surface area contributed by atoms with Crippen LogP contribution in [0.25, 0.3) is 0 Å². The van der Waals surface area contributed by atoms with Gasteiger partial charge in [0.25, 0.3) is 0 Å². The van der Waals surface area contributed by atoms with Crippen molar-refractivity contribution in [3.63, 3.8) is 0 Å². The minimum Gasteiger partial charge on any atom is -0.317 e. The third-order valence-corrected chi connectivity index (χ3v) is 6.78. The van der Waals surface area contributed by atoms with Crippen molar-refractivity contribution in [3.8, 4) is 0 Å². The van der Waals surface area contributed by atoms with Crippen LogP contribution in [0.3, 0.4) is 0 Å². The van der Waals surface area contributed by atoms with Crippen molar-refractivity contribution in [2.24, 2.45) is 28.6 Å². The highest BCUT2D eigenvalue weighted by molar-refractivity contribution is 5.07. The van der Waals surface area contributed by atoms with Gasteiger partial charge in [-0.1, -0.05) is 13.8 Å². The minimum absolute atomic E-state index is 0.519. The van der Waals surface area contributed by atoms with Gasteiger partial charge in [-0.25, -0.2) is 0 Å². The predicted octanol–water partition coefficient (Wildman–Crippen LogP) is 4.23. The van der Waals surface area contributed by atoms with Gasteiger partial charge in [0, 0.05) is 6.04 Å². The standard InChI is InChI=1S/C17H31N/c1-12(18-4)8-16(2,3)17-9-13-5-14(10-17)7-15(6-13)11-17/h12-15,18H,5-11H2,1-4H3. The molecule has 4 fully saturated rings. The zero-order chi connectivity index (χ0) is 13.0. The molecule has 1 unspecified atom stereocenters. The van der Waals surface area contributed by atoms with Crippen LogP contribution in [0.4, 0.5) is 0 Å². The lowest BCUT2D eigenvalue weighted by Crippen LogP contribution is -2.53. The molecule has 1 N–H and O–H groups in total. The van der Waals surface area contributed by atoms with Gasteiger partial charge in [0.2, 0.25) is 0 Å². The molecule has 0 amide bonds.